The summed E-state index contributed by atoms with van der Waals surface area (Å²) < 4.78 is 4.92. The van der Waals surface area contributed by atoms with E-state index in [2.05, 4.69) is 6.92 Å². The number of fused-ring (bicyclic) bond motifs is 5. The van der Waals surface area contributed by atoms with Gasteiger partial charge in [-0.15, -0.1) is 0 Å². The number of ether oxygens (including phenoxy) is 1. The molecule has 0 aromatic carbocycles. The van der Waals surface area contributed by atoms with Crippen molar-refractivity contribution in [2.45, 2.75) is 77.2 Å². The Morgan fingerprint density at radius 3 is 2.55 bits per heavy atom. The minimum Gasteiger partial charge on any atom is -0.550 e. The van der Waals surface area contributed by atoms with Crippen LogP contribution in [0.25, 0.3) is 0 Å². The summed E-state index contributed by atoms with van der Waals surface area (Å²) in [7, 11) is 0. The van der Waals surface area contributed by atoms with Gasteiger partial charge in [-0.25, -0.2) is 0 Å². The van der Waals surface area contributed by atoms with Gasteiger partial charge in [-0.3, -0.25) is 19.2 Å². The molecule has 180 valence electrons. The summed E-state index contributed by atoms with van der Waals surface area (Å²) in [6, 6.07) is 0. The Kier molecular flexibility index (Phi) is 5.88. The second-order valence-corrected chi connectivity index (χ2v) is 10.8. The fraction of sp³-hybridized carbons (Fsp3) is 0.720. The van der Waals surface area contributed by atoms with Gasteiger partial charge >= 0.3 is 5.97 Å². The lowest BCUT2D eigenvalue weighted by molar-refractivity contribution is -0.305. The smallest absolute Gasteiger partial charge is 0.306 e. The molecule has 8 heteroatoms. The first-order valence-corrected chi connectivity index (χ1v) is 11.8. The number of hydrogen-bond acceptors (Lipinski definition) is 8. The molecule has 0 aromatic rings. The number of aliphatic carboxylic acids is 1. The molecule has 3 fully saturated rings. The van der Waals surface area contributed by atoms with E-state index in [0.29, 0.717) is 19.3 Å². The summed E-state index contributed by atoms with van der Waals surface area (Å²) in [4.78, 5) is 60.8. The van der Waals surface area contributed by atoms with Crippen LogP contribution in [0, 0.1) is 28.6 Å². The number of Topliss-reactive ketones (excluding diaryl/α,β-unsaturated/α-hetero) is 2. The molecule has 33 heavy (non-hydrogen) atoms. The van der Waals surface area contributed by atoms with E-state index < -0.39 is 48.2 Å². The van der Waals surface area contributed by atoms with Gasteiger partial charge in [-0.1, -0.05) is 19.4 Å². The Morgan fingerprint density at radius 2 is 1.85 bits per heavy atom. The molecule has 0 aromatic heterocycles. The highest BCUT2D eigenvalue weighted by Crippen LogP contribution is 2.66. The number of carbonyl (C=O) groups is 5. The zero-order chi connectivity index (χ0) is 24.2. The lowest BCUT2D eigenvalue weighted by Gasteiger charge is -2.57. The number of rotatable bonds is 6. The van der Waals surface area contributed by atoms with E-state index in [4.69, 9.17) is 4.74 Å². The summed E-state index contributed by atoms with van der Waals surface area (Å²) in [5.41, 5.74) is -2.03. The van der Waals surface area contributed by atoms with E-state index in [1.54, 1.807) is 13.0 Å². The van der Waals surface area contributed by atoms with Crippen LogP contribution in [-0.4, -0.2) is 46.6 Å². The van der Waals surface area contributed by atoms with E-state index in [9.17, 15) is 34.2 Å². The summed E-state index contributed by atoms with van der Waals surface area (Å²) in [5.74, 6) is -2.96. The summed E-state index contributed by atoms with van der Waals surface area (Å²) >= 11 is 0. The van der Waals surface area contributed by atoms with Gasteiger partial charge in [0.2, 0.25) is 5.78 Å². The Balaban J connectivity index is 1.53. The fourth-order valence-corrected chi connectivity index (χ4v) is 7.39. The molecule has 0 bridgehead atoms. The molecule has 4 aliphatic carbocycles. The quantitative estimate of drug-likeness (QED) is 0.582. The topological polar surface area (TPSA) is 138 Å². The number of esters is 1. The van der Waals surface area contributed by atoms with Crippen LogP contribution >= 0.6 is 0 Å². The van der Waals surface area contributed by atoms with Crippen molar-refractivity contribution in [2.24, 2.45) is 28.6 Å². The number of carboxylic acid groups (broad SMARTS) is 1. The highest BCUT2D eigenvalue weighted by Gasteiger charge is 2.68. The van der Waals surface area contributed by atoms with Crippen molar-refractivity contribution in [3.63, 3.8) is 0 Å². The number of aliphatic hydroxyl groups is 1. The molecule has 3 saturated carbocycles. The number of carbonyl (C=O) groups excluding carboxylic acids is 5. The van der Waals surface area contributed by atoms with Crippen LogP contribution in [0.2, 0.25) is 0 Å². The lowest BCUT2D eigenvalue weighted by atomic mass is 9.46. The lowest BCUT2D eigenvalue weighted by Crippen LogP contribution is -2.61. The SMILES string of the molecule is C[C@]12CCC(=O)C=C1CC[C@@H]1[C@@H]2C(=O)C[C@@]2(C)[C@H]1CC[C@]2(O)C(=O)COC(=O)CCC(=O)[O-]. The molecule has 0 amide bonds. The monoisotopic (exact) mass is 459 g/mol. The maximum Gasteiger partial charge on any atom is 0.306 e. The Hall–Kier alpha value is -2.35. The van der Waals surface area contributed by atoms with E-state index in [-0.39, 0.29) is 47.6 Å². The minimum absolute atomic E-state index is 0.0269. The van der Waals surface area contributed by atoms with Gasteiger partial charge in [0.25, 0.3) is 0 Å². The fourth-order valence-electron chi connectivity index (χ4n) is 7.39. The second-order valence-electron chi connectivity index (χ2n) is 10.8. The molecular weight excluding hydrogens is 428 g/mol. The maximum atomic E-state index is 13.6. The average Bonchev–Trinajstić information content (AvgIpc) is 3.02. The van der Waals surface area contributed by atoms with Crippen LogP contribution in [-0.2, 0) is 28.7 Å². The maximum absolute atomic E-state index is 13.6. The average molecular weight is 460 g/mol. The van der Waals surface area contributed by atoms with E-state index in [0.717, 1.165) is 18.4 Å². The second kappa shape index (κ2) is 8.15. The van der Waals surface area contributed by atoms with Crippen molar-refractivity contribution in [3.8, 4) is 0 Å². The van der Waals surface area contributed by atoms with Gasteiger partial charge in [0.1, 0.15) is 11.4 Å². The summed E-state index contributed by atoms with van der Waals surface area (Å²) in [5, 5.41) is 22.0. The van der Waals surface area contributed by atoms with Gasteiger partial charge in [-0.2, -0.15) is 0 Å². The molecule has 6 atom stereocenters. The highest BCUT2D eigenvalue weighted by molar-refractivity contribution is 5.95. The third-order valence-electron chi connectivity index (χ3n) is 9.17. The summed E-state index contributed by atoms with van der Waals surface area (Å²) in [6.07, 6.45) is 4.24. The number of carboxylic acids is 1. The molecule has 0 aliphatic heterocycles. The molecule has 0 radical (unpaired) electrons. The van der Waals surface area contributed by atoms with Crippen LogP contribution in [0.5, 0.6) is 0 Å². The molecule has 4 rings (SSSR count). The molecule has 0 saturated heterocycles. The zero-order valence-electron chi connectivity index (χ0n) is 19.2. The molecule has 0 spiro atoms. The van der Waals surface area contributed by atoms with Gasteiger partial charge in [0, 0.05) is 30.1 Å². The zero-order valence-corrected chi connectivity index (χ0v) is 19.2. The standard InChI is InChI=1S/C25H32O8/c1-23-9-7-15(26)11-14(23)3-4-16-17-8-10-25(32,24(17,2)12-18(27)22(16)23)19(28)13-33-21(31)6-5-20(29)30/h11,16-17,22,32H,3-10,12-13H2,1-2H3,(H,29,30)/p-1/t16-,17-,22+,23-,24-,25-/m0/s1. The van der Waals surface area contributed by atoms with E-state index in [1.807, 2.05) is 0 Å². The Morgan fingerprint density at radius 1 is 1.12 bits per heavy atom. The molecule has 0 heterocycles. The normalized spacial score (nSPS) is 39.7. The predicted molar refractivity (Wildman–Crippen MR) is 112 cm³/mol. The molecule has 0 unspecified atom stereocenters. The first-order valence-electron chi connectivity index (χ1n) is 11.8. The Labute approximate surface area is 192 Å². The number of allylic oxidation sites excluding steroid dienone is 1. The van der Waals surface area contributed by atoms with Gasteiger partial charge in [0.15, 0.2) is 12.4 Å². The van der Waals surface area contributed by atoms with Gasteiger partial charge in [-0.05, 0) is 61.9 Å². The Bertz CT molecular complexity index is 950. The third kappa shape index (κ3) is 3.66. The van der Waals surface area contributed by atoms with Crippen molar-refractivity contribution < 1.29 is 38.9 Å². The van der Waals surface area contributed by atoms with Crippen molar-refractivity contribution in [1.82, 2.24) is 0 Å². The van der Waals surface area contributed by atoms with Crippen LogP contribution in [0.3, 0.4) is 0 Å². The highest BCUT2D eigenvalue weighted by atomic mass is 16.5. The molecular formula is C25H31O8-. The van der Waals surface area contributed by atoms with E-state index in [1.165, 1.54) is 0 Å². The third-order valence-corrected chi connectivity index (χ3v) is 9.17. The van der Waals surface area contributed by atoms with Crippen molar-refractivity contribution in [3.05, 3.63) is 11.6 Å². The van der Waals surface area contributed by atoms with E-state index >= 15 is 0 Å². The van der Waals surface area contributed by atoms with Crippen molar-refractivity contribution in [2.75, 3.05) is 6.61 Å². The van der Waals surface area contributed by atoms with Crippen molar-refractivity contribution in [1.29, 1.82) is 0 Å². The van der Waals surface area contributed by atoms with Gasteiger partial charge < -0.3 is 19.7 Å². The van der Waals surface area contributed by atoms with Crippen LogP contribution < -0.4 is 5.11 Å². The largest absolute Gasteiger partial charge is 0.550 e. The minimum atomic E-state index is -1.79. The summed E-state index contributed by atoms with van der Waals surface area (Å²) in [6.45, 7) is 3.23. The predicted octanol–water partition coefficient (Wildman–Crippen LogP) is 1.07. The molecule has 8 nitrogen and oxygen atoms in total. The number of hydrogen-bond donors (Lipinski definition) is 1. The first kappa shape index (κ1) is 23.8. The van der Waals surface area contributed by atoms with Crippen LogP contribution in [0.15, 0.2) is 11.6 Å². The first-order chi connectivity index (χ1) is 15.4. The number of ketones is 3. The van der Waals surface area contributed by atoms with Crippen molar-refractivity contribution >= 4 is 29.3 Å². The molecule has 1 N–H and O–H groups in total. The van der Waals surface area contributed by atoms with Gasteiger partial charge in [0.05, 0.1) is 6.42 Å². The molecule has 4 aliphatic rings. The van der Waals surface area contributed by atoms with Crippen LogP contribution in [0.1, 0.15) is 71.6 Å². The van der Waals surface area contributed by atoms with Crippen LogP contribution in [0.4, 0.5) is 0 Å².